The normalized spacial score (nSPS) is 15.3. The van der Waals surface area contributed by atoms with Crippen molar-refractivity contribution in [1.82, 2.24) is 14.5 Å². The summed E-state index contributed by atoms with van der Waals surface area (Å²) >= 11 is 0. The largest absolute Gasteiger partial charge is 0.444 e. The third-order valence-corrected chi connectivity index (χ3v) is 6.29. The Morgan fingerprint density at radius 3 is 2.72 bits per heavy atom. The zero-order chi connectivity index (χ0) is 26.2. The van der Waals surface area contributed by atoms with Crippen molar-refractivity contribution < 1.29 is 13.9 Å². The topological polar surface area (TPSA) is 47.4 Å². The van der Waals surface area contributed by atoms with Crippen molar-refractivity contribution in [1.29, 1.82) is 0 Å². The summed E-state index contributed by atoms with van der Waals surface area (Å²) < 4.78 is 21.9. The minimum atomic E-state index is -0.520. The van der Waals surface area contributed by atoms with Crippen LogP contribution < -0.4 is 0 Å². The van der Waals surface area contributed by atoms with E-state index < -0.39 is 5.60 Å². The Kier molecular flexibility index (Phi) is 7.07. The first kappa shape index (κ1) is 25.7. The fourth-order valence-electron chi connectivity index (χ4n) is 4.80. The van der Waals surface area contributed by atoms with Crippen LogP contribution in [0.3, 0.4) is 0 Å². The van der Waals surface area contributed by atoms with Crippen molar-refractivity contribution in [2.75, 3.05) is 13.1 Å². The number of allylic oxidation sites excluding steroid dienone is 1. The molecule has 0 saturated carbocycles. The number of nitrogens with zero attached hydrogens (tertiary/aromatic N) is 3. The fraction of sp³-hybridized carbons (Fsp3) is 0.400. The van der Waals surface area contributed by atoms with Gasteiger partial charge in [-0.25, -0.2) is 9.18 Å². The number of ether oxygens (including phenoxy) is 1. The van der Waals surface area contributed by atoms with E-state index in [1.54, 1.807) is 11.0 Å². The van der Waals surface area contributed by atoms with E-state index in [0.717, 1.165) is 51.7 Å². The molecule has 1 saturated heterocycles. The molecule has 5 nitrogen and oxygen atoms in total. The van der Waals surface area contributed by atoms with Gasteiger partial charge in [-0.05, 0) is 81.4 Å². The van der Waals surface area contributed by atoms with E-state index >= 15 is 0 Å². The molecule has 1 aliphatic heterocycles. The molecule has 3 heterocycles. The molecule has 2 aromatic heterocycles. The maximum atomic E-state index is 14.3. The van der Waals surface area contributed by atoms with Gasteiger partial charge in [-0.15, -0.1) is 0 Å². The second-order valence-electron chi connectivity index (χ2n) is 11.1. The van der Waals surface area contributed by atoms with Crippen molar-refractivity contribution >= 4 is 28.6 Å². The lowest BCUT2D eigenvalue weighted by molar-refractivity contribution is 0.0299. The molecule has 0 aliphatic carbocycles. The number of pyridine rings is 1. The van der Waals surface area contributed by atoms with Crippen molar-refractivity contribution in [2.45, 2.75) is 60.0 Å². The fourth-order valence-corrected chi connectivity index (χ4v) is 4.80. The smallest absolute Gasteiger partial charge is 0.410 e. The molecule has 0 N–H and O–H groups in total. The third kappa shape index (κ3) is 5.53. The molecule has 0 radical (unpaired) electrons. The molecule has 0 bridgehead atoms. The maximum Gasteiger partial charge on any atom is 0.410 e. The van der Waals surface area contributed by atoms with Gasteiger partial charge in [0.2, 0.25) is 0 Å². The molecular weight excluding hydrogens is 453 g/mol. The molecule has 36 heavy (non-hydrogen) atoms. The second-order valence-corrected chi connectivity index (χ2v) is 11.1. The van der Waals surface area contributed by atoms with Gasteiger partial charge in [-0.1, -0.05) is 26.5 Å². The highest BCUT2D eigenvalue weighted by molar-refractivity contribution is 5.94. The summed E-state index contributed by atoms with van der Waals surface area (Å²) in [4.78, 5) is 18.7. The van der Waals surface area contributed by atoms with Crippen LogP contribution in [-0.2, 0) is 4.74 Å². The minimum absolute atomic E-state index is 0.278. The Bertz CT molecular complexity index is 1340. The predicted octanol–water partition coefficient (Wildman–Crippen LogP) is 7.56. The lowest BCUT2D eigenvalue weighted by Crippen LogP contribution is -2.34. The Balaban J connectivity index is 1.76. The number of aryl methyl sites for hydroxylation is 1. The van der Waals surface area contributed by atoms with E-state index in [2.05, 4.69) is 42.3 Å². The molecule has 3 aromatic rings. The molecule has 0 unspecified atom stereocenters. The Labute approximate surface area is 213 Å². The van der Waals surface area contributed by atoms with Gasteiger partial charge in [0.1, 0.15) is 11.4 Å². The molecular formula is C30H36FN3O2. The van der Waals surface area contributed by atoms with Crippen molar-refractivity contribution in [3.8, 4) is 5.69 Å². The summed E-state index contributed by atoms with van der Waals surface area (Å²) in [6.07, 6.45) is 9.26. The van der Waals surface area contributed by atoms with Crippen LogP contribution in [0.1, 0.15) is 64.2 Å². The highest BCUT2D eigenvalue weighted by Crippen LogP contribution is 2.34. The first-order valence-electron chi connectivity index (χ1n) is 12.5. The molecule has 4 rings (SSSR count). The quantitative estimate of drug-likeness (QED) is 0.372. The zero-order valence-corrected chi connectivity index (χ0v) is 22.2. The zero-order valence-electron chi connectivity index (χ0n) is 22.2. The molecule has 190 valence electrons. The van der Waals surface area contributed by atoms with Gasteiger partial charge < -0.3 is 14.2 Å². The summed E-state index contributed by atoms with van der Waals surface area (Å²) in [5, 5.41) is 1.10. The van der Waals surface area contributed by atoms with Crippen molar-refractivity contribution in [3.05, 3.63) is 71.4 Å². The Hall–Kier alpha value is -3.41. The van der Waals surface area contributed by atoms with Crippen LogP contribution in [0.15, 0.2) is 48.9 Å². The number of hydrogen-bond acceptors (Lipinski definition) is 3. The number of carbonyl (C=O) groups is 1. The van der Waals surface area contributed by atoms with Crippen LogP contribution in [-0.4, -0.2) is 39.2 Å². The van der Waals surface area contributed by atoms with Crippen molar-refractivity contribution in [2.24, 2.45) is 5.92 Å². The summed E-state index contributed by atoms with van der Waals surface area (Å²) in [7, 11) is 0. The number of aromatic nitrogens is 2. The van der Waals surface area contributed by atoms with E-state index in [1.165, 1.54) is 11.6 Å². The van der Waals surface area contributed by atoms with Gasteiger partial charge in [-0.3, -0.25) is 4.98 Å². The van der Waals surface area contributed by atoms with Gasteiger partial charge in [0.25, 0.3) is 0 Å². The van der Waals surface area contributed by atoms with Gasteiger partial charge in [0, 0.05) is 42.0 Å². The molecule has 0 spiro atoms. The molecule has 1 aliphatic rings. The van der Waals surface area contributed by atoms with E-state index in [1.807, 2.05) is 46.2 Å². The molecule has 1 amide bonds. The minimum Gasteiger partial charge on any atom is -0.444 e. The number of hydrogen-bond donors (Lipinski definition) is 0. The van der Waals surface area contributed by atoms with Gasteiger partial charge in [-0.2, -0.15) is 0 Å². The van der Waals surface area contributed by atoms with E-state index in [-0.39, 0.29) is 11.9 Å². The van der Waals surface area contributed by atoms with Crippen LogP contribution in [0.25, 0.3) is 28.2 Å². The molecule has 0 atom stereocenters. The van der Waals surface area contributed by atoms with E-state index in [4.69, 9.17) is 4.74 Å². The number of carbonyl (C=O) groups excluding carboxylic acids is 1. The van der Waals surface area contributed by atoms with E-state index in [9.17, 15) is 9.18 Å². The SMILES string of the molecule is C=C(CC(C)C)c1cc(F)ccc1-n1cc(/C=C2\CCN(C(=O)OC(C)(C)C)C2)c2c(C)cncc21. The van der Waals surface area contributed by atoms with Crippen LogP contribution in [0, 0.1) is 18.7 Å². The Morgan fingerprint density at radius 1 is 1.28 bits per heavy atom. The van der Waals surface area contributed by atoms with Crippen LogP contribution >= 0.6 is 0 Å². The molecule has 1 fully saturated rings. The number of fused-ring (bicyclic) bond motifs is 1. The first-order valence-corrected chi connectivity index (χ1v) is 12.5. The lowest BCUT2D eigenvalue weighted by Gasteiger charge is -2.23. The first-order chi connectivity index (χ1) is 16.9. The van der Waals surface area contributed by atoms with E-state index in [0.29, 0.717) is 19.0 Å². The Morgan fingerprint density at radius 2 is 2.03 bits per heavy atom. The number of likely N-dealkylation sites (tertiary alicyclic amines) is 1. The summed E-state index contributed by atoms with van der Waals surface area (Å²) in [5.41, 5.74) is 6.30. The molecule has 1 aromatic carbocycles. The van der Waals surface area contributed by atoms with Gasteiger partial charge >= 0.3 is 6.09 Å². The second kappa shape index (κ2) is 9.92. The number of halogens is 1. The van der Waals surface area contributed by atoms with Crippen LogP contribution in [0.5, 0.6) is 0 Å². The highest BCUT2D eigenvalue weighted by atomic mass is 19.1. The summed E-state index contributed by atoms with van der Waals surface area (Å²) in [5.74, 6) is 0.134. The number of benzene rings is 1. The van der Waals surface area contributed by atoms with Gasteiger partial charge in [0.15, 0.2) is 0 Å². The summed E-state index contributed by atoms with van der Waals surface area (Å²) in [6.45, 7) is 17.4. The van der Waals surface area contributed by atoms with Crippen LogP contribution in [0.4, 0.5) is 9.18 Å². The maximum absolute atomic E-state index is 14.3. The summed E-state index contributed by atoms with van der Waals surface area (Å²) in [6, 6.07) is 4.88. The number of rotatable bonds is 5. The highest BCUT2D eigenvalue weighted by Gasteiger charge is 2.27. The lowest BCUT2D eigenvalue weighted by atomic mass is 9.96. The molecule has 6 heteroatoms. The standard InChI is InChI=1S/C30H36FN3O2/c1-19(2)12-20(3)25-14-24(31)8-9-26(25)34-18-23(28-21(4)15-32-16-27(28)34)13-22-10-11-33(17-22)29(35)36-30(5,6)7/h8-9,13-16,18-19H,3,10-12,17H2,1-2,4-7H3/b22-13+. The van der Waals surface area contributed by atoms with Crippen molar-refractivity contribution in [3.63, 3.8) is 0 Å². The predicted molar refractivity (Wildman–Crippen MR) is 145 cm³/mol. The average Bonchev–Trinajstić information content (AvgIpc) is 3.38. The third-order valence-electron chi connectivity index (χ3n) is 6.29. The van der Waals surface area contributed by atoms with Gasteiger partial charge in [0.05, 0.1) is 17.4 Å². The monoisotopic (exact) mass is 489 g/mol. The average molecular weight is 490 g/mol. The van der Waals surface area contributed by atoms with Crippen LogP contribution in [0.2, 0.25) is 0 Å². The number of amides is 1.